The van der Waals surface area contributed by atoms with Gasteiger partial charge in [-0.25, -0.2) is 9.78 Å². The summed E-state index contributed by atoms with van der Waals surface area (Å²) >= 11 is 1.52. The zero-order valence-corrected chi connectivity index (χ0v) is 18.1. The third-order valence-corrected chi connectivity index (χ3v) is 6.01. The number of anilines is 2. The van der Waals surface area contributed by atoms with Crippen LogP contribution in [0.1, 0.15) is 16.8 Å². The molecule has 0 saturated heterocycles. The maximum absolute atomic E-state index is 12.5. The molecule has 0 spiro atoms. The first-order valence-corrected chi connectivity index (χ1v) is 10.8. The van der Waals surface area contributed by atoms with Crippen LogP contribution in [0.3, 0.4) is 0 Å². The zero-order valence-electron chi connectivity index (χ0n) is 17.3. The molecule has 7 heteroatoms. The number of nitrogens with one attached hydrogen (secondary N) is 2. The van der Waals surface area contributed by atoms with E-state index in [1.807, 2.05) is 68.4 Å². The van der Waals surface area contributed by atoms with Crippen LogP contribution in [-0.4, -0.2) is 15.4 Å². The summed E-state index contributed by atoms with van der Waals surface area (Å²) in [5.41, 5.74) is 4.93. The van der Waals surface area contributed by atoms with Gasteiger partial charge in [0.05, 0.1) is 11.4 Å². The lowest BCUT2D eigenvalue weighted by atomic mass is 10.1. The quantitative estimate of drug-likeness (QED) is 0.424. The molecule has 2 aromatic heterocycles. The van der Waals surface area contributed by atoms with Crippen LogP contribution in [0.15, 0.2) is 82.6 Å². The van der Waals surface area contributed by atoms with Crippen molar-refractivity contribution in [2.75, 3.05) is 10.6 Å². The molecule has 0 saturated carbocycles. The Kier molecular flexibility index (Phi) is 6.04. The Morgan fingerprint density at radius 1 is 0.968 bits per heavy atom. The van der Waals surface area contributed by atoms with Gasteiger partial charge in [-0.2, -0.15) is 0 Å². The molecule has 31 heavy (non-hydrogen) atoms. The van der Waals surface area contributed by atoms with Gasteiger partial charge < -0.3 is 10.6 Å². The number of hydrogen-bond donors (Lipinski definition) is 2. The Morgan fingerprint density at radius 3 is 2.61 bits per heavy atom. The summed E-state index contributed by atoms with van der Waals surface area (Å²) in [4.78, 5) is 30.2. The fourth-order valence-electron chi connectivity index (χ4n) is 3.13. The summed E-state index contributed by atoms with van der Waals surface area (Å²) in [7, 11) is 0. The van der Waals surface area contributed by atoms with Crippen LogP contribution in [0.25, 0.3) is 5.65 Å². The van der Waals surface area contributed by atoms with Crippen LogP contribution < -0.4 is 16.2 Å². The van der Waals surface area contributed by atoms with Gasteiger partial charge in [0.25, 0.3) is 5.56 Å². The second kappa shape index (κ2) is 9.06. The SMILES string of the molecule is Cc1ccc(NC(=O)Nc2ccccc2SCc2cc(=O)n3ccccc3n2)cc1C. The Bertz CT molecular complexity index is 1320. The number of carbonyl (C=O) groups is 1. The number of aryl methyl sites for hydroxylation is 2. The standard InChI is InChI=1S/C24H22N4O2S/c1-16-10-11-18(13-17(16)2)26-24(30)27-20-7-3-4-8-21(20)31-15-19-14-23(29)28-12-6-5-9-22(28)25-19/h3-14H,15H2,1-2H3,(H2,26,27,30). The number of pyridine rings is 1. The lowest BCUT2D eigenvalue weighted by Crippen LogP contribution is -2.20. The van der Waals surface area contributed by atoms with Gasteiger partial charge in [-0.15, -0.1) is 11.8 Å². The van der Waals surface area contributed by atoms with Gasteiger partial charge in [-0.1, -0.05) is 24.3 Å². The Labute approximate surface area is 184 Å². The minimum absolute atomic E-state index is 0.111. The van der Waals surface area contributed by atoms with Gasteiger partial charge in [0, 0.05) is 28.6 Å². The van der Waals surface area contributed by atoms with Gasteiger partial charge >= 0.3 is 6.03 Å². The van der Waals surface area contributed by atoms with Gasteiger partial charge in [0.1, 0.15) is 5.65 Å². The lowest BCUT2D eigenvalue weighted by molar-refractivity contribution is 0.262. The van der Waals surface area contributed by atoms with Crippen molar-refractivity contribution in [1.82, 2.24) is 9.38 Å². The topological polar surface area (TPSA) is 75.5 Å². The van der Waals surface area contributed by atoms with E-state index in [-0.39, 0.29) is 11.6 Å². The molecule has 156 valence electrons. The maximum Gasteiger partial charge on any atom is 0.323 e. The summed E-state index contributed by atoms with van der Waals surface area (Å²) in [5.74, 6) is 0.512. The van der Waals surface area contributed by atoms with E-state index in [1.54, 1.807) is 18.3 Å². The van der Waals surface area contributed by atoms with Crippen LogP contribution in [0.5, 0.6) is 0 Å². The molecule has 4 rings (SSSR count). The molecule has 0 atom stereocenters. The maximum atomic E-state index is 12.5. The number of nitrogens with zero attached hydrogens (tertiary/aromatic N) is 2. The van der Waals surface area contributed by atoms with Gasteiger partial charge in [0.15, 0.2) is 0 Å². The van der Waals surface area contributed by atoms with Crippen LogP contribution in [0, 0.1) is 13.8 Å². The molecule has 0 bridgehead atoms. The first-order chi connectivity index (χ1) is 15.0. The normalized spacial score (nSPS) is 10.8. The minimum Gasteiger partial charge on any atom is -0.308 e. The molecule has 0 aliphatic carbocycles. The molecule has 0 aliphatic heterocycles. The monoisotopic (exact) mass is 430 g/mol. The Balaban J connectivity index is 1.46. The van der Waals surface area contributed by atoms with Crippen molar-refractivity contribution in [3.63, 3.8) is 0 Å². The molecule has 2 N–H and O–H groups in total. The Morgan fingerprint density at radius 2 is 1.77 bits per heavy atom. The third-order valence-electron chi connectivity index (χ3n) is 4.90. The highest BCUT2D eigenvalue weighted by molar-refractivity contribution is 7.98. The van der Waals surface area contributed by atoms with E-state index in [1.165, 1.54) is 21.7 Å². The fraction of sp³-hybridized carbons (Fsp3) is 0.125. The number of carbonyl (C=O) groups excluding carboxylic acids is 1. The highest BCUT2D eigenvalue weighted by Crippen LogP contribution is 2.29. The average Bonchev–Trinajstić information content (AvgIpc) is 2.76. The average molecular weight is 431 g/mol. The second-order valence-electron chi connectivity index (χ2n) is 7.18. The van der Waals surface area contributed by atoms with Crippen molar-refractivity contribution < 1.29 is 4.79 Å². The first-order valence-electron chi connectivity index (χ1n) is 9.84. The summed E-state index contributed by atoms with van der Waals surface area (Å²) in [6.45, 7) is 4.04. The summed E-state index contributed by atoms with van der Waals surface area (Å²) in [5, 5.41) is 5.78. The van der Waals surface area contributed by atoms with E-state index in [0.717, 1.165) is 16.1 Å². The zero-order chi connectivity index (χ0) is 21.8. The summed E-state index contributed by atoms with van der Waals surface area (Å²) < 4.78 is 1.51. The predicted molar refractivity (Wildman–Crippen MR) is 126 cm³/mol. The number of benzene rings is 2. The molecule has 0 aliphatic rings. The van der Waals surface area contributed by atoms with Crippen molar-refractivity contribution >= 4 is 34.8 Å². The number of thioether (sulfide) groups is 1. The van der Waals surface area contributed by atoms with Crippen molar-refractivity contribution in [1.29, 1.82) is 0 Å². The van der Waals surface area contributed by atoms with Gasteiger partial charge in [-0.3, -0.25) is 9.20 Å². The van der Waals surface area contributed by atoms with Crippen molar-refractivity contribution in [2.45, 2.75) is 24.5 Å². The molecular weight excluding hydrogens is 408 g/mol. The highest BCUT2D eigenvalue weighted by Gasteiger charge is 2.09. The van der Waals surface area contributed by atoms with Crippen LogP contribution in [-0.2, 0) is 5.75 Å². The lowest BCUT2D eigenvalue weighted by Gasteiger charge is -2.12. The van der Waals surface area contributed by atoms with E-state index in [4.69, 9.17) is 0 Å². The molecule has 2 heterocycles. The molecule has 6 nitrogen and oxygen atoms in total. The number of aromatic nitrogens is 2. The Hall–Kier alpha value is -3.58. The highest BCUT2D eigenvalue weighted by atomic mass is 32.2. The number of amides is 2. The molecular formula is C24H22N4O2S. The van der Waals surface area contributed by atoms with E-state index >= 15 is 0 Å². The molecule has 2 aromatic carbocycles. The number of para-hydroxylation sites is 1. The third kappa shape index (κ3) is 4.95. The largest absolute Gasteiger partial charge is 0.323 e. The van der Waals surface area contributed by atoms with E-state index in [9.17, 15) is 9.59 Å². The minimum atomic E-state index is -0.307. The van der Waals surface area contributed by atoms with E-state index in [2.05, 4.69) is 15.6 Å². The fourth-order valence-corrected chi connectivity index (χ4v) is 4.03. The second-order valence-corrected chi connectivity index (χ2v) is 8.19. The number of urea groups is 1. The van der Waals surface area contributed by atoms with Crippen LogP contribution in [0.4, 0.5) is 16.2 Å². The van der Waals surface area contributed by atoms with Gasteiger partial charge in [-0.05, 0) is 61.4 Å². The first kappa shape index (κ1) is 20.7. The molecule has 2 amide bonds. The number of rotatable bonds is 5. The van der Waals surface area contributed by atoms with Crippen molar-refractivity contribution in [3.05, 3.63) is 100 Å². The van der Waals surface area contributed by atoms with Crippen molar-refractivity contribution in [3.8, 4) is 0 Å². The molecule has 0 radical (unpaired) electrons. The molecule has 4 aromatic rings. The van der Waals surface area contributed by atoms with Crippen molar-refractivity contribution in [2.24, 2.45) is 0 Å². The number of fused-ring (bicyclic) bond motifs is 1. The smallest absolute Gasteiger partial charge is 0.308 e. The van der Waals surface area contributed by atoms with Gasteiger partial charge in [0.2, 0.25) is 0 Å². The number of hydrogen-bond acceptors (Lipinski definition) is 4. The predicted octanol–water partition coefficient (Wildman–Crippen LogP) is 5.25. The van der Waals surface area contributed by atoms with E-state index in [0.29, 0.717) is 22.8 Å². The summed E-state index contributed by atoms with van der Waals surface area (Å²) in [6, 6.07) is 20.1. The van der Waals surface area contributed by atoms with Crippen LogP contribution in [0.2, 0.25) is 0 Å². The van der Waals surface area contributed by atoms with E-state index < -0.39 is 0 Å². The summed E-state index contributed by atoms with van der Waals surface area (Å²) in [6.07, 6.45) is 1.70. The molecule has 0 unspecified atom stereocenters. The van der Waals surface area contributed by atoms with Crippen LogP contribution >= 0.6 is 11.8 Å². The molecule has 0 fully saturated rings.